The van der Waals surface area contributed by atoms with Crippen LogP contribution in [0.25, 0.3) is 11.6 Å². The molecule has 2 N–H and O–H groups in total. The lowest BCUT2D eigenvalue weighted by Gasteiger charge is -2.10. The van der Waals surface area contributed by atoms with Gasteiger partial charge in [0.15, 0.2) is 11.6 Å². The molecule has 5 heteroatoms. The van der Waals surface area contributed by atoms with Gasteiger partial charge in [0.05, 0.1) is 0 Å². The van der Waals surface area contributed by atoms with Crippen molar-refractivity contribution in [3.8, 4) is 11.6 Å². The Hall–Kier alpha value is -1.75. The maximum Gasteiger partial charge on any atom is 0.196 e. The van der Waals surface area contributed by atoms with Crippen molar-refractivity contribution >= 4 is 0 Å². The minimum atomic E-state index is 0.689. The molecule has 0 atom stereocenters. The Balaban J connectivity index is 2.39. The van der Waals surface area contributed by atoms with E-state index in [9.17, 15) is 0 Å². The molecule has 0 spiro atoms. The first-order valence-electron chi connectivity index (χ1n) is 6.15. The average molecular weight is 245 g/mol. The number of nitrogens with two attached hydrogens (primary N) is 1. The third-order valence-corrected chi connectivity index (χ3v) is 3.07. The number of aryl methyl sites for hydroxylation is 3. The van der Waals surface area contributed by atoms with Gasteiger partial charge in [-0.25, -0.2) is 15.0 Å². The van der Waals surface area contributed by atoms with Crippen LogP contribution < -0.4 is 5.73 Å². The van der Waals surface area contributed by atoms with Crippen molar-refractivity contribution < 1.29 is 0 Å². The zero-order chi connectivity index (χ0) is 13.1. The summed E-state index contributed by atoms with van der Waals surface area (Å²) in [6, 6.07) is 0. The number of imidazole rings is 1. The Morgan fingerprint density at radius 3 is 2.39 bits per heavy atom. The molecule has 0 aliphatic rings. The second-order valence-electron chi connectivity index (χ2n) is 4.45. The first kappa shape index (κ1) is 12.7. The van der Waals surface area contributed by atoms with E-state index in [1.54, 1.807) is 6.20 Å². The highest BCUT2D eigenvalue weighted by atomic mass is 15.1. The number of aromatic nitrogens is 4. The lowest BCUT2D eigenvalue weighted by molar-refractivity contribution is 0.802. The van der Waals surface area contributed by atoms with Crippen LogP contribution in [0.15, 0.2) is 12.4 Å². The highest BCUT2D eigenvalue weighted by Crippen LogP contribution is 2.17. The molecular weight excluding hydrogens is 226 g/mol. The fourth-order valence-electron chi connectivity index (χ4n) is 2.06. The van der Waals surface area contributed by atoms with Gasteiger partial charge >= 0.3 is 0 Å². The predicted octanol–water partition coefficient (Wildman–Crippen LogP) is 1.39. The number of hydrogen-bond acceptors (Lipinski definition) is 4. The van der Waals surface area contributed by atoms with Crippen molar-refractivity contribution in [2.75, 3.05) is 6.54 Å². The van der Waals surface area contributed by atoms with Crippen LogP contribution >= 0.6 is 0 Å². The van der Waals surface area contributed by atoms with Crippen molar-refractivity contribution in [2.45, 2.75) is 26.7 Å². The minimum Gasteiger partial charge on any atom is -0.331 e. The minimum absolute atomic E-state index is 0.689. The van der Waals surface area contributed by atoms with Gasteiger partial charge in [-0.3, -0.25) is 0 Å². The molecule has 18 heavy (non-hydrogen) atoms. The summed E-state index contributed by atoms with van der Waals surface area (Å²) in [5, 5.41) is 0. The number of rotatable bonds is 4. The topological polar surface area (TPSA) is 69.6 Å². The molecule has 0 amide bonds. The summed E-state index contributed by atoms with van der Waals surface area (Å²) in [4.78, 5) is 13.4. The Morgan fingerprint density at radius 1 is 1.22 bits per heavy atom. The molecule has 0 saturated carbocycles. The Kier molecular flexibility index (Phi) is 3.72. The van der Waals surface area contributed by atoms with Crippen molar-refractivity contribution in [2.24, 2.45) is 12.8 Å². The molecule has 0 fully saturated rings. The number of nitrogens with zero attached hydrogens (tertiary/aromatic N) is 4. The van der Waals surface area contributed by atoms with E-state index in [0.29, 0.717) is 12.4 Å². The van der Waals surface area contributed by atoms with Gasteiger partial charge in [-0.15, -0.1) is 0 Å². The summed E-state index contributed by atoms with van der Waals surface area (Å²) in [5.74, 6) is 1.49. The summed E-state index contributed by atoms with van der Waals surface area (Å²) in [7, 11) is 1.94. The van der Waals surface area contributed by atoms with E-state index in [1.807, 2.05) is 31.7 Å². The van der Waals surface area contributed by atoms with Crippen molar-refractivity contribution in [3.05, 3.63) is 29.3 Å². The molecule has 96 valence electrons. The summed E-state index contributed by atoms with van der Waals surface area (Å²) in [6.45, 7) is 4.74. The second kappa shape index (κ2) is 5.27. The third-order valence-electron chi connectivity index (χ3n) is 3.07. The van der Waals surface area contributed by atoms with Crippen LogP contribution in [0.2, 0.25) is 0 Å². The first-order valence-corrected chi connectivity index (χ1v) is 6.15. The summed E-state index contributed by atoms with van der Waals surface area (Å²) < 4.78 is 1.92. The van der Waals surface area contributed by atoms with Crippen molar-refractivity contribution in [3.63, 3.8) is 0 Å². The SMILES string of the molecule is Cc1nc(-c2nccn2C)nc(C)c1CCCN. The lowest BCUT2D eigenvalue weighted by Crippen LogP contribution is -2.07. The van der Waals surface area contributed by atoms with Crippen LogP contribution in [0.3, 0.4) is 0 Å². The van der Waals surface area contributed by atoms with E-state index in [0.717, 1.165) is 30.1 Å². The van der Waals surface area contributed by atoms with Crippen LogP contribution in [-0.2, 0) is 13.5 Å². The zero-order valence-corrected chi connectivity index (χ0v) is 11.1. The van der Waals surface area contributed by atoms with Gasteiger partial charge in [-0.1, -0.05) is 0 Å². The molecule has 0 aliphatic heterocycles. The van der Waals surface area contributed by atoms with Gasteiger partial charge in [-0.2, -0.15) is 0 Å². The molecule has 2 aromatic heterocycles. The van der Waals surface area contributed by atoms with E-state index in [4.69, 9.17) is 5.73 Å². The van der Waals surface area contributed by atoms with Crippen LogP contribution in [0.4, 0.5) is 0 Å². The van der Waals surface area contributed by atoms with Gasteiger partial charge in [0, 0.05) is 30.8 Å². The third kappa shape index (κ3) is 2.41. The van der Waals surface area contributed by atoms with Crippen LogP contribution in [0.1, 0.15) is 23.4 Å². The lowest BCUT2D eigenvalue weighted by atomic mass is 10.1. The molecule has 2 aromatic rings. The van der Waals surface area contributed by atoms with Crippen molar-refractivity contribution in [1.29, 1.82) is 0 Å². The summed E-state index contributed by atoms with van der Waals surface area (Å²) >= 11 is 0. The Labute approximate surface area is 107 Å². The maximum atomic E-state index is 5.55. The maximum absolute atomic E-state index is 5.55. The Bertz CT molecular complexity index is 521. The predicted molar refractivity (Wildman–Crippen MR) is 71.1 cm³/mol. The molecule has 0 radical (unpaired) electrons. The van der Waals surface area contributed by atoms with Gasteiger partial charge in [0.2, 0.25) is 0 Å². The molecule has 0 aromatic carbocycles. The molecule has 2 rings (SSSR count). The Morgan fingerprint density at radius 2 is 1.89 bits per heavy atom. The van der Waals surface area contributed by atoms with E-state index in [-0.39, 0.29) is 0 Å². The highest BCUT2D eigenvalue weighted by molar-refractivity contribution is 5.46. The van der Waals surface area contributed by atoms with Crippen LogP contribution in [-0.4, -0.2) is 26.1 Å². The molecule has 5 nitrogen and oxygen atoms in total. The quantitative estimate of drug-likeness (QED) is 0.883. The normalized spacial score (nSPS) is 10.9. The van der Waals surface area contributed by atoms with Gasteiger partial charge in [0.25, 0.3) is 0 Å². The van der Waals surface area contributed by atoms with Crippen LogP contribution in [0.5, 0.6) is 0 Å². The van der Waals surface area contributed by atoms with Gasteiger partial charge < -0.3 is 10.3 Å². The molecule has 0 aliphatic carbocycles. The summed E-state index contributed by atoms with van der Waals surface area (Å²) in [6.07, 6.45) is 5.55. The highest BCUT2D eigenvalue weighted by Gasteiger charge is 2.12. The molecular formula is C13H19N5. The largest absolute Gasteiger partial charge is 0.331 e. The fourth-order valence-corrected chi connectivity index (χ4v) is 2.06. The van der Waals surface area contributed by atoms with Crippen molar-refractivity contribution in [1.82, 2.24) is 19.5 Å². The standard InChI is InChI=1S/C13H19N5/c1-9-11(5-4-6-14)10(2)17-12(16-9)13-15-7-8-18(13)3/h7-8H,4-6,14H2,1-3H3. The summed E-state index contributed by atoms with van der Waals surface area (Å²) in [5.41, 5.74) is 8.80. The zero-order valence-electron chi connectivity index (χ0n) is 11.1. The number of hydrogen-bond donors (Lipinski definition) is 1. The van der Waals surface area contributed by atoms with Crippen LogP contribution in [0, 0.1) is 13.8 Å². The molecule has 0 bridgehead atoms. The first-order chi connectivity index (χ1) is 8.63. The monoisotopic (exact) mass is 245 g/mol. The van der Waals surface area contributed by atoms with Gasteiger partial charge in [-0.05, 0) is 38.8 Å². The van der Waals surface area contributed by atoms with Gasteiger partial charge in [0.1, 0.15) is 0 Å². The molecule has 0 saturated heterocycles. The average Bonchev–Trinajstić information content (AvgIpc) is 2.74. The smallest absolute Gasteiger partial charge is 0.196 e. The molecule has 2 heterocycles. The fraction of sp³-hybridized carbons (Fsp3) is 0.462. The molecule has 0 unspecified atom stereocenters. The van der Waals surface area contributed by atoms with E-state index < -0.39 is 0 Å². The van der Waals surface area contributed by atoms with E-state index >= 15 is 0 Å². The second-order valence-corrected chi connectivity index (χ2v) is 4.45. The van der Waals surface area contributed by atoms with E-state index in [1.165, 1.54) is 5.56 Å². The van der Waals surface area contributed by atoms with E-state index in [2.05, 4.69) is 15.0 Å².